The maximum Gasteiger partial charge on any atom is 0.122 e. The van der Waals surface area contributed by atoms with Gasteiger partial charge < -0.3 is 16.0 Å². The highest BCUT2D eigenvalue weighted by atomic mass is 32.1. The van der Waals surface area contributed by atoms with Crippen molar-refractivity contribution in [2.24, 2.45) is 5.73 Å². The highest BCUT2D eigenvalue weighted by molar-refractivity contribution is 7.80. The van der Waals surface area contributed by atoms with Gasteiger partial charge in [0.1, 0.15) is 4.99 Å². The fourth-order valence-corrected chi connectivity index (χ4v) is 2.03. The van der Waals surface area contributed by atoms with Gasteiger partial charge in [-0.2, -0.15) is 0 Å². The maximum absolute atomic E-state index is 5.49. The quantitative estimate of drug-likeness (QED) is 0.761. The molecular formula is C11H16N4S. The van der Waals surface area contributed by atoms with Gasteiger partial charge in [-0.15, -0.1) is 0 Å². The lowest BCUT2D eigenvalue weighted by molar-refractivity contribution is 0.414. The Hall–Kier alpha value is -1.20. The zero-order chi connectivity index (χ0) is 11.5. The van der Waals surface area contributed by atoms with Gasteiger partial charge in [0.25, 0.3) is 0 Å². The molecule has 0 spiro atoms. The first kappa shape index (κ1) is 11.3. The van der Waals surface area contributed by atoms with Crippen LogP contribution in [0.1, 0.15) is 12.1 Å². The molecule has 4 nitrogen and oxygen atoms in total. The summed E-state index contributed by atoms with van der Waals surface area (Å²) in [5.74, 6) is 0. The predicted octanol–water partition coefficient (Wildman–Crippen LogP) is 0.832. The van der Waals surface area contributed by atoms with E-state index in [0.29, 0.717) is 16.7 Å². The van der Waals surface area contributed by atoms with E-state index < -0.39 is 0 Å². The second-order valence-corrected chi connectivity index (χ2v) is 4.63. The van der Waals surface area contributed by atoms with Gasteiger partial charge in [-0.1, -0.05) is 12.2 Å². The number of thiocarbonyl (C=S) groups is 1. The minimum absolute atomic E-state index is 0.340. The van der Waals surface area contributed by atoms with Crippen molar-refractivity contribution in [1.29, 1.82) is 0 Å². The first-order chi connectivity index (χ1) is 7.65. The summed E-state index contributed by atoms with van der Waals surface area (Å²) in [7, 11) is 2.13. The van der Waals surface area contributed by atoms with E-state index in [1.807, 2.05) is 12.1 Å². The molecule has 1 aromatic heterocycles. The molecule has 1 atom stereocenters. The lowest BCUT2D eigenvalue weighted by Crippen LogP contribution is -2.23. The number of rotatable bonds is 3. The van der Waals surface area contributed by atoms with Gasteiger partial charge in [0.2, 0.25) is 0 Å². The molecule has 0 bridgehead atoms. The number of nitrogens with zero attached hydrogens (tertiary/aromatic N) is 2. The van der Waals surface area contributed by atoms with E-state index in [2.05, 4.69) is 22.2 Å². The van der Waals surface area contributed by atoms with Crippen molar-refractivity contribution in [2.75, 3.05) is 25.5 Å². The van der Waals surface area contributed by atoms with E-state index in [1.54, 1.807) is 6.20 Å². The molecule has 0 radical (unpaired) electrons. The second-order valence-electron chi connectivity index (χ2n) is 4.19. The van der Waals surface area contributed by atoms with E-state index in [1.165, 1.54) is 6.42 Å². The van der Waals surface area contributed by atoms with Crippen molar-refractivity contribution in [3.8, 4) is 0 Å². The Morgan fingerprint density at radius 2 is 2.44 bits per heavy atom. The van der Waals surface area contributed by atoms with Crippen molar-refractivity contribution < 1.29 is 0 Å². The minimum atomic E-state index is 0.340. The molecule has 1 aromatic rings. The van der Waals surface area contributed by atoms with Gasteiger partial charge in [0.05, 0.1) is 17.6 Å². The van der Waals surface area contributed by atoms with Crippen LogP contribution in [-0.4, -0.2) is 41.1 Å². The van der Waals surface area contributed by atoms with E-state index in [4.69, 9.17) is 18.0 Å². The van der Waals surface area contributed by atoms with E-state index in [9.17, 15) is 0 Å². The molecule has 1 saturated heterocycles. The molecule has 86 valence electrons. The van der Waals surface area contributed by atoms with Crippen molar-refractivity contribution in [3.63, 3.8) is 0 Å². The molecular weight excluding hydrogens is 220 g/mol. The summed E-state index contributed by atoms with van der Waals surface area (Å²) in [6.07, 6.45) is 2.96. The van der Waals surface area contributed by atoms with Crippen LogP contribution in [0.3, 0.4) is 0 Å². The largest absolute Gasteiger partial charge is 0.388 e. The van der Waals surface area contributed by atoms with Gasteiger partial charge in [-0.25, -0.2) is 0 Å². The van der Waals surface area contributed by atoms with Crippen molar-refractivity contribution in [2.45, 2.75) is 12.5 Å². The fourth-order valence-electron chi connectivity index (χ4n) is 1.91. The van der Waals surface area contributed by atoms with Crippen LogP contribution in [0, 0.1) is 0 Å². The molecule has 0 aliphatic carbocycles. The predicted molar refractivity (Wildman–Crippen MR) is 69.6 cm³/mol. The summed E-state index contributed by atoms with van der Waals surface area (Å²) in [6.45, 7) is 2.23. The molecule has 1 fully saturated rings. The molecule has 0 amide bonds. The first-order valence-corrected chi connectivity index (χ1v) is 5.77. The van der Waals surface area contributed by atoms with Crippen LogP contribution in [0.25, 0.3) is 0 Å². The standard InChI is InChI=1S/C11H16N4S/c1-15-5-4-9(7-15)14-8-2-3-10(11(12)16)13-6-8/h2-3,6,9,14H,4-5,7H2,1H3,(H2,12,16). The lowest BCUT2D eigenvalue weighted by Gasteiger charge is -2.13. The van der Waals surface area contributed by atoms with Crippen molar-refractivity contribution in [3.05, 3.63) is 24.0 Å². The number of hydrogen-bond acceptors (Lipinski definition) is 4. The fraction of sp³-hybridized carbons (Fsp3) is 0.455. The van der Waals surface area contributed by atoms with E-state index in [-0.39, 0.29) is 0 Å². The maximum atomic E-state index is 5.49. The van der Waals surface area contributed by atoms with E-state index in [0.717, 1.165) is 18.8 Å². The van der Waals surface area contributed by atoms with Crippen LogP contribution in [0.5, 0.6) is 0 Å². The molecule has 2 rings (SSSR count). The zero-order valence-corrected chi connectivity index (χ0v) is 10.1. The van der Waals surface area contributed by atoms with Crippen molar-refractivity contribution >= 4 is 22.9 Å². The monoisotopic (exact) mass is 236 g/mol. The molecule has 16 heavy (non-hydrogen) atoms. The van der Waals surface area contributed by atoms with Crippen LogP contribution in [0.4, 0.5) is 5.69 Å². The van der Waals surface area contributed by atoms with Gasteiger partial charge in [-0.05, 0) is 32.1 Å². The van der Waals surface area contributed by atoms with Gasteiger partial charge >= 0.3 is 0 Å². The van der Waals surface area contributed by atoms with Crippen LogP contribution in [0.2, 0.25) is 0 Å². The minimum Gasteiger partial charge on any atom is -0.388 e. The zero-order valence-electron chi connectivity index (χ0n) is 9.31. The highest BCUT2D eigenvalue weighted by Gasteiger charge is 2.18. The number of pyridine rings is 1. The summed E-state index contributed by atoms with van der Waals surface area (Å²) in [6, 6.07) is 4.34. The Bertz CT molecular complexity index is 376. The Morgan fingerprint density at radius 1 is 1.62 bits per heavy atom. The van der Waals surface area contributed by atoms with Crippen LogP contribution >= 0.6 is 12.2 Å². The first-order valence-electron chi connectivity index (χ1n) is 5.36. The Balaban J connectivity index is 1.97. The molecule has 0 saturated carbocycles. The molecule has 5 heteroatoms. The topological polar surface area (TPSA) is 54.2 Å². The average Bonchev–Trinajstić information content (AvgIpc) is 2.65. The summed E-state index contributed by atoms with van der Waals surface area (Å²) in [5.41, 5.74) is 7.19. The van der Waals surface area contributed by atoms with Gasteiger partial charge in [0, 0.05) is 12.6 Å². The smallest absolute Gasteiger partial charge is 0.122 e. The second kappa shape index (κ2) is 4.76. The number of likely N-dealkylation sites (tertiary alicyclic amines) is 1. The average molecular weight is 236 g/mol. The van der Waals surface area contributed by atoms with Crippen LogP contribution < -0.4 is 11.1 Å². The molecule has 1 aliphatic heterocycles. The Morgan fingerprint density at radius 3 is 2.94 bits per heavy atom. The molecule has 1 aliphatic rings. The number of nitrogens with one attached hydrogen (secondary N) is 1. The highest BCUT2D eigenvalue weighted by Crippen LogP contribution is 2.14. The Kier molecular flexibility index (Phi) is 3.36. The molecule has 2 heterocycles. The Labute approximate surface area is 101 Å². The van der Waals surface area contributed by atoms with E-state index >= 15 is 0 Å². The summed E-state index contributed by atoms with van der Waals surface area (Å²) in [5, 5.41) is 3.45. The third-order valence-corrected chi connectivity index (χ3v) is 2.99. The molecule has 0 aromatic carbocycles. The van der Waals surface area contributed by atoms with Crippen LogP contribution in [-0.2, 0) is 0 Å². The number of nitrogens with two attached hydrogens (primary N) is 1. The SMILES string of the molecule is CN1CCC(Nc2ccc(C(N)=S)nc2)C1. The van der Waals surface area contributed by atoms with Gasteiger partial charge in [0.15, 0.2) is 0 Å². The summed E-state index contributed by atoms with van der Waals surface area (Å²) in [4.78, 5) is 6.85. The normalized spacial score (nSPS) is 20.9. The number of anilines is 1. The number of hydrogen-bond donors (Lipinski definition) is 2. The third kappa shape index (κ3) is 2.68. The molecule has 3 N–H and O–H groups in total. The number of aromatic nitrogens is 1. The van der Waals surface area contributed by atoms with Gasteiger partial charge in [-0.3, -0.25) is 4.98 Å². The molecule has 1 unspecified atom stereocenters. The summed E-state index contributed by atoms with van der Waals surface area (Å²) >= 11 is 4.85. The summed E-state index contributed by atoms with van der Waals surface area (Å²) < 4.78 is 0. The third-order valence-electron chi connectivity index (χ3n) is 2.78. The van der Waals surface area contributed by atoms with Crippen LogP contribution in [0.15, 0.2) is 18.3 Å². The van der Waals surface area contributed by atoms with Crippen molar-refractivity contribution in [1.82, 2.24) is 9.88 Å². The lowest BCUT2D eigenvalue weighted by atomic mass is 10.2. The number of likely N-dealkylation sites (N-methyl/N-ethyl adjacent to an activating group) is 1.